The van der Waals surface area contributed by atoms with Gasteiger partial charge in [0, 0.05) is 24.0 Å². The molecule has 0 aliphatic rings. The van der Waals surface area contributed by atoms with Crippen LogP contribution in [0.1, 0.15) is 0 Å². The van der Waals surface area contributed by atoms with Gasteiger partial charge in [0.1, 0.15) is 6.54 Å². The summed E-state index contributed by atoms with van der Waals surface area (Å²) >= 11 is 0. The van der Waals surface area contributed by atoms with Crippen molar-refractivity contribution in [3.8, 4) is 6.07 Å². The molecule has 0 aliphatic carbocycles. The maximum absolute atomic E-state index is 8.45. The van der Waals surface area contributed by atoms with Gasteiger partial charge in [0.05, 0.1) is 11.6 Å². The molecule has 0 spiro atoms. The lowest BCUT2D eigenvalue weighted by molar-refractivity contribution is 0.844. The van der Waals surface area contributed by atoms with Crippen LogP contribution in [0.5, 0.6) is 0 Å². The molecule has 0 amide bonds. The van der Waals surface area contributed by atoms with Crippen molar-refractivity contribution in [3.63, 3.8) is 0 Å². The van der Waals surface area contributed by atoms with Crippen molar-refractivity contribution in [2.45, 2.75) is 6.54 Å². The minimum atomic E-state index is 0.385. The SMILES string of the molecule is N#CCn1cc2cccnc2c1. The number of aromatic nitrogens is 2. The second-order valence-corrected chi connectivity index (χ2v) is 2.57. The first kappa shape index (κ1) is 6.86. The average molecular weight is 157 g/mol. The minimum Gasteiger partial charge on any atom is -0.338 e. The van der Waals surface area contributed by atoms with Gasteiger partial charge >= 0.3 is 0 Å². The predicted octanol–water partition coefficient (Wildman–Crippen LogP) is 1.56. The first-order chi connectivity index (χ1) is 5.90. The van der Waals surface area contributed by atoms with Crippen molar-refractivity contribution in [2.75, 3.05) is 0 Å². The molecule has 0 atom stereocenters. The first-order valence-electron chi connectivity index (χ1n) is 3.67. The van der Waals surface area contributed by atoms with Crippen LogP contribution >= 0.6 is 0 Å². The summed E-state index contributed by atoms with van der Waals surface area (Å²) in [6.07, 6.45) is 5.54. The molecule has 0 saturated heterocycles. The summed E-state index contributed by atoms with van der Waals surface area (Å²) < 4.78 is 1.83. The van der Waals surface area contributed by atoms with Crippen molar-refractivity contribution >= 4 is 10.9 Å². The zero-order valence-corrected chi connectivity index (χ0v) is 6.44. The number of hydrogen-bond acceptors (Lipinski definition) is 2. The van der Waals surface area contributed by atoms with Crippen molar-refractivity contribution in [1.82, 2.24) is 9.55 Å². The normalized spacial score (nSPS) is 9.92. The molecule has 0 aromatic carbocycles. The van der Waals surface area contributed by atoms with E-state index in [1.807, 2.05) is 29.1 Å². The number of hydrogen-bond donors (Lipinski definition) is 0. The van der Waals surface area contributed by atoms with Crippen molar-refractivity contribution < 1.29 is 0 Å². The molecule has 0 saturated carbocycles. The maximum atomic E-state index is 8.45. The molecule has 0 aliphatic heterocycles. The summed E-state index contributed by atoms with van der Waals surface area (Å²) in [4.78, 5) is 4.15. The highest BCUT2D eigenvalue weighted by molar-refractivity contribution is 5.77. The van der Waals surface area contributed by atoms with E-state index in [2.05, 4.69) is 11.1 Å². The molecule has 58 valence electrons. The number of fused-ring (bicyclic) bond motifs is 1. The predicted molar refractivity (Wildman–Crippen MR) is 45.3 cm³/mol. The van der Waals surface area contributed by atoms with E-state index in [0.29, 0.717) is 6.54 Å². The van der Waals surface area contributed by atoms with E-state index in [1.54, 1.807) is 6.20 Å². The molecule has 3 heteroatoms. The lowest BCUT2D eigenvalue weighted by atomic mass is 10.3. The van der Waals surface area contributed by atoms with Gasteiger partial charge in [-0.05, 0) is 12.1 Å². The maximum Gasteiger partial charge on any atom is 0.109 e. The molecular weight excluding hydrogens is 150 g/mol. The summed E-state index contributed by atoms with van der Waals surface area (Å²) in [7, 11) is 0. The second-order valence-electron chi connectivity index (χ2n) is 2.57. The lowest BCUT2D eigenvalue weighted by Gasteiger charge is -1.87. The Balaban J connectivity index is 2.56. The Morgan fingerprint density at radius 3 is 3.17 bits per heavy atom. The summed E-state index contributed by atoms with van der Waals surface area (Å²) in [5, 5.41) is 9.53. The smallest absolute Gasteiger partial charge is 0.109 e. The Morgan fingerprint density at radius 2 is 2.42 bits per heavy atom. The molecule has 2 heterocycles. The molecular formula is C9H7N3. The van der Waals surface area contributed by atoms with Gasteiger partial charge in [-0.25, -0.2) is 0 Å². The van der Waals surface area contributed by atoms with E-state index in [0.717, 1.165) is 10.9 Å². The first-order valence-corrected chi connectivity index (χ1v) is 3.67. The topological polar surface area (TPSA) is 41.6 Å². The molecule has 0 unspecified atom stereocenters. The third kappa shape index (κ3) is 1.04. The lowest BCUT2D eigenvalue weighted by Crippen LogP contribution is -1.88. The molecule has 0 N–H and O–H groups in total. The van der Waals surface area contributed by atoms with Gasteiger partial charge in [-0.1, -0.05) is 0 Å². The molecule has 0 fully saturated rings. The summed E-state index contributed by atoms with van der Waals surface area (Å²) in [5.41, 5.74) is 0.938. The van der Waals surface area contributed by atoms with Crippen LogP contribution in [-0.4, -0.2) is 9.55 Å². The van der Waals surface area contributed by atoms with Crippen LogP contribution in [0, 0.1) is 11.3 Å². The van der Waals surface area contributed by atoms with Gasteiger partial charge < -0.3 is 4.57 Å². The fourth-order valence-electron chi connectivity index (χ4n) is 1.19. The van der Waals surface area contributed by atoms with Crippen molar-refractivity contribution in [1.29, 1.82) is 5.26 Å². The second kappa shape index (κ2) is 2.67. The molecule has 3 nitrogen and oxygen atoms in total. The zero-order valence-electron chi connectivity index (χ0n) is 6.44. The van der Waals surface area contributed by atoms with Crippen LogP contribution in [0.4, 0.5) is 0 Å². The van der Waals surface area contributed by atoms with E-state index in [9.17, 15) is 0 Å². The number of nitrogens with zero attached hydrogens (tertiary/aromatic N) is 3. The highest BCUT2D eigenvalue weighted by Crippen LogP contribution is 2.10. The average Bonchev–Trinajstić information content (AvgIpc) is 2.47. The van der Waals surface area contributed by atoms with E-state index >= 15 is 0 Å². The molecule has 12 heavy (non-hydrogen) atoms. The van der Waals surface area contributed by atoms with Gasteiger partial charge in [-0.3, -0.25) is 4.98 Å². The minimum absolute atomic E-state index is 0.385. The fourth-order valence-corrected chi connectivity index (χ4v) is 1.19. The van der Waals surface area contributed by atoms with Crippen LogP contribution in [0.25, 0.3) is 10.9 Å². The monoisotopic (exact) mass is 157 g/mol. The molecule has 0 bridgehead atoms. The molecule has 2 aromatic rings. The van der Waals surface area contributed by atoms with E-state index in [4.69, 9.17) is 5.26 Å². The number of pyridine rings is 1. The van der Waals surface area contributed by atoms with Crippen LogP contribution in [-0.2, 0) is 6.54 Å². The molecule has 2 rings (SSSR count). The largest absolute Gasteiger partial charge is 0.338 e. The van der Waals surface area contributed by atoms with Gasteiger partial charge in [0.15, 0.2) is 0 Å². The van der Waals surface area contributed by atoms with Gasteiger partial charge in [0.2, 0.25) is 0 Å². The van der Waals surface area contributed by atoms with E-state index in [1.165, 1.54) is 0 Å². The highest BCUT2D eigenvalue weighted by Gasteiger charge is 1.96. The summed E-state index contributed by atoms with van der Waals surface area (Å²) in [6.45, 7) is 0.385. The van der Waals surface area contributed by atoms with Crippen LogP contribution in [0.15, 0.2) is 30.7 Å². The molecule has 2 aromatic heterocycles. The Hall–Kier alpha value is -1.82. The zero-order chi connectivity index (χ0) is 8.39. The summed E-state index contributed by atoms with van der Waals surface area (Å²) in [6, 6.07) is 5.95. The quantitative estimate of drug-likeness (QED) is 0.630. The third-order valence-corrected chi connectivity index (χ3v) is 1.72. The van der Waals surface area contributed by atoms with Gasteiger partial charge in [-0.15, -0.1) is 0 Å². The Morgan fingerprint density at radius 1 is 1.50 bits per heavy atom. The van der Waals surface area contributed by atoms with Gasteiger partial charge in [-0.2, -0.15) is 5.26 Å². The third-order valence-electron chi connectivity index (χ3n) is 1.72. The number of nitriles is 1. The van der Waals surface area contributed by atoms with Crippen molar-refractivity contribution in [2.24, 2.45) is 0 Å². The van der Waals surface area contributed by atoms with Gasteiger partial charge in [0.25, 0.3) is 0 Å². The van der Waals surface area contributed by atoms with Crippen LogP contribution in [0.3, 0.4) is 0 Å². The Kier molecular flexibility index (Phi) is 1.52. The number of rotatable bonds is 1. The Bertz CT molecular complexity index is 403. The molecule has 0 radical (unpaired) electrons. The fraction of sp³-hybridized carbons (Fsp3) is 0.111. The van der Waals surface area contributed by atoms with Crippen LogP contribution < -0.4 is 0 Å². The standard InChI is InChI=1S/C9H7N3/c10-3-5-12-6-8-2-1-4-11-9(8)7-12/h1-2,4,6-7H,5H2. The van der Waals surface area contributed by atoms with E-state index < -0.39 is 0 Å². The van der Waals surface area contributed by atoms with Crippen molar-refractivity contribution in [3.05, 3.63) is 30.7 Å². The van der Waals surface area contributed by atoms with E-state index in [-0.39, 0.29) is 0 Å². The summed E-state index contributed by atoms with van der Waals surface area (Å²) in [5.74, 6) is 0. The van der Waals surface area contributed by atoms with Crippen LogP contribution in [0.2, 0.25) is 0 Å². The highest BCUT2D eigenvalue weighted by atomic mass is 14.9. The Labute approximate surface area is 69.9 Å².